The van der Waals surface area contributed by atoms with Crippen molar-refractivity contribution in [2.45, 2.75) is 13.3 Å². The Balaban J connectivity index is 1.29. The highest BCUT2D eigenvalue weighted by Gasteiger charge is 2.36. The van der Waals surface area contributed by atoms with Crippen LogP contribution in [0.2, 0.25) is 5.02 Å². The van der Waals surface area contributed by atoms with E-state index in [4.69, 9.17) is 21.1 Å². The lowest BCUT2D eigenvalue weighted by molar-refractivity contribution is -0.147. The molecule has 178 valence electrons. The van der Waals surface area contributed by atoms with Crippen LogP contribution < -0.4 is 9.64 Å². The lowest BCUT2D eigenvalue weighted by Gasteiger charge is -2.16. The lowest BCUT2D eigenvalue weighted by Crippen LogP contribution is -2.27. The minimum atomic E-state index is -0.669. The topological polar surface area (TPSA) is 90.0 Å². The molecule has 0 unspecified atom stereocenters. The van der Waals surface area contributed by atoms with Crippen molar-refractivity contribution in [1.29, 1.82) is 0 Å². The van der Waals surface area contributed by atoms with Gasteiger partial charge in [0.05, 0.1) is 11.5 Å². The highest BCUT2D eigenvalue weighted by molar-refractivity contribution is 6.31. The van der Waals surface area contributed by atoms with E-state index in [1.54, 1.807) is 36.4 Å². The number of ketones is 1. The molecule has 0 aliphatic carbocycles. The van der Waals surface area contributed by atoms with E-state index in [0.29, 0.717) is 21.8 Å². The first kappa shape index (κ1) is 24.2. The highest BCUT2D eigenvalue weighted by Crippen LogP contribution is 2.27. The van der Waals surface area contributed by atoms with Crippen molar-refractivity contribution in [3.05, 3.63) is 94.5 Å². The molecular weight excluding hydrogens is 470 g/mol. The van der Waals surface area contributed by atoms with Gasteiger partial charge in [0.2, 0.25) is 5.91 Å². The SMILES string of the molecule is Cc1ccc(C(=O)Oc2ccc(C(=O)COC(=O)[C@H]3CC(=O)N(c4cccc(Cl)c4)C3)cc2)cc1. The van der Waals surface area contributed by atoms with Crippen LogP contribution in [-0.2, 0) is 14.3 Å². The van der Waals surface area contributed by atoms with Crippen LogP contribution in [0.4, 0.5) is 5.69 Å². The normalized spacial score (nSPS) is 15.1. The number of halogens is 1. The maximum absolute atomic E-state index is 12.5. The molecule has 0 bridgehead atoms. The summed E-state index contributed by atoms with van der Waals surface area (Å²) in [6, 6.07) is 19.8. The second-order valence-electron chi connectivity index (χ2n) is 8.20. The number of esters is 2. The second-order valence-corrected chi connectivity index (χ2v) is 8.63. The van der Waals surface area contributed by atoms with Crippen LogP contribution in [0, 0.1) is 12.8 Å². The van der Waals surface area contributed by atoms with Gasteiger partial charge in [-0.2, -0.15) is 0 Å². The molecule has 0 spiro atoms. The maximum atomic E-state index is 12.5. The Morgan fingerprint density at radius 3 is 2.34 bits per heavy atom. The van der Waals surface area contributed by atoms with Crippen LogP contribution in [-0.4, -0.2) is 36.8 Å². The Morgan fingerprint density at radius 2 is 1.66 bits per heavy atom. The van der Waals surface area contributed by atoms with Gasteiger partial charge in [-0.3, -0.25) is 14.4 Å². The molecule has 1 aliphatic heterocycles. The Hall–Kier alpha value is -3.97. The number of anilines is 1. The summed E-state index contributed by atoms with van der Waals surface area (Å²) >= 11 is 5.99. The van der Waals surface area contributed by atoms with Crippen LogP contribution in [0.3, 0.4) is 0 Å². The van der Waals surface area contributed by atoms with Crippen molar-refractivity contribution in [3.63, 3.8) is 0 Å². The molecule has 1 aliphatic rings. The number of ether oxygens (including phenoxy) is 2. The predicted molar refractivity (Wildman–Crippen MR) is 130 cm³/mol. The summed E-state index contributed by atoms with van der Waals surface area (Å²) in [6.45, 7) is 1.63. The standard InChI is InChI=1S/C27H22ClNO6/c1-17-5-7-19(8-6-17)27(33)35-23-11-9-18(10-12-23)24(30)16-34-26(32)20-13-25(31)29(15-20)22-4-2-3-21(28)14-22/h2-12,14,20H,13,15-16H2,1H3/t20-/m0/s1. The van der Waals surface area contributed by atoms with Crippen molar-refractivity contribution in [1.82, 2.24) is 0 Å². The number of benzene rings is 3. The number of hydrogen-bond acceptors (Lipinski definition) is 6. The molecule has 1 amide bonds. The van der Waals surface area contributed by atoms with Gasteiger partial charge in [-0.05, 0) is 61.5 Å². The van der Waals surface area contributed by atoms with E-state index in [1.807, 2.05) is 19.1 Å². The number of hydrogen-bond donors (Lipinski definition) is 0. The molecule has 3 aromatic carbocycles. The van der Waals surface area contributed by atoms with Gasteiger partial charge in [0.1, 0.15) is 5.75 Å². The van der Waals surface area contributed by atoms with Gasteiger partial charge in [-0.25, -0.2) is 4.79 Å². The fourth-order valence-electron chi connectivity index (χ4n) is 3.66. The summed E-state index contributed by atoms with van der Waals surface area (Å²) in [5.41, 5.74) is 2.36. The maximum Gasteiger partial charge on any atom is 0.343 e. The van der Waals surface area contributed by atoms with E-state index in [-0.39, 0.29) is 24.6 Å². The van der Waals surface area contributed by atoms with E-state index in [1.165, 1.54) is 29.2 Å². The Bertz CT molecular complexity index is 1270. The van der Waals surface area contributed by atoms with Gasteiger partial charge >= 0.3 is 11.9 Å². The summed E-state index contributed by atoms with van der Waals surface area (Å²) in [5.74, 6) is -2.12. The van der Waals surface area contributed by atoms with E-state index in [9.17, 15) is 19.2 Å². The highest BCUT2D eigenvalue weighted by atomic mass is 35.5. The fraction of sp³-hybridized carbons (Fsp3) is 0.185. The summed E-state index contributed by atoms with van der Waals surface area (Å²) in [6.07, 6.45) is 0.000580. The molecule has 0 radical (unpaired) electrons. The average Bonchev–Trinajstić information content (AvgIpc) is 3.25. The minimum absolute atomic E-state index is 0.000580. The van der Waals surface area contributed by atoms with Gasteiger partial charge in [0, 0.05) is 29.2 Å². The number of carbonyl (C=O) groups excluding carboxylic acids is 4. The van der Waals surface area contributed by atoms with Crippen LogP contribution in [0.15, 0.2) is 72.8 Å². The fourth-order valence-corrected chi connectivity index (χ4v) is 3.85. The third-order valence-corrected chi connectivity index (χ3v) is 5.83. The molecule has 0 aromatic heterocycles. The van der Waals surface area contributed by atoms with Gasteiger partial charge in [0.15, 0.2) is 12.4 Å². The number of Topliss-reactive ketones (excluding diaryl/α,β-unsaturated/α-hetero) is 1. The Labute approximate surface area is 207 Å². The number of rotatable bonds is 7. The molecule has 8 heteroatoms. The average molecular weight is 492 g/mol. The molecule has 0 saturated carbocycles. The molecule has 1 atom stereocenters. The van der Waals surface area contributed by atoms with Gasteiger partial charge < -0.3 is 14.4 Å². The smallest absolute Gasteiger partial charge is 0.343 e. The van der Waals surface area contributed by atoms with Gasteiger partial charge in [0.25, 0.3) is 0 Å². The molecule has 35 heavy (non-hydrogen) atoms. The Morgan fingerprint density at radius 1 is 0.971 bits per heavy atom. The van der Waals surface area contributed by atoms with E-state index in [0.717, 1.165) is 5.56 Å². The van der Waals surface area contributed by atoms with Gasteiger partial charge in [-0.15, -0.1) is 0 Å². The number of nitrogens with zero attached hydrogens (tertiary/aromatic N) is 1. The number of amides is 1. The van der Waals surface area contributed by atoms with Gasteiger partial charge in [-0.1, -0.05) is 35.4 Å². The summed E-state index contributed by atoms with van der Waals surface area (Å²) in [4.78, 5) is 51.0. The van der Waals surface area contributed by atoms with Crippen molar-refractivity contribution in [2.24, 2.45) is 5.92 Å². The number of carbonyl (C=O) groups is 4. The quantitative estimate of drug-likeness (QED) is 0.271. The van der Waals surface area contributed by atoms with Crippen LogP contribution in [0.5, 0.6) is 5.75 Å². The van der Waals surface area contributed by atoms with Crippen molar-refractivity contribution in [3.8, 4) is 5.75 Å². The zero-order valence-electron chi connectivity index (χ0n) is 18.9. The molecule has 1 heterocycles. The van der Waals surface area contributed by atoms with Crippen molar-refractivity contribution >= 4 is 40.9 Å². The first-order valence-electron chi connectivity index (χ1n) is 10.9. The zero-order chi connectivity index (χ0) is 24.9. The van der Waals surface area contributed by atoms with Crippen molar-refractivity contribution < 1.29 is 28.7 Å². The predicted octanol–water partition coefficient (Wildman–Crippen LogP) is 4.65. The monoisotopic (exact) mass is 491 g/mol. The van der Waals surface area contributed by atoms with E-state index >= 15 is 0 Å². The largest absolute Gasteiger partial charge is 0.457 e. The molecule has 3 aromatic rings. The minimum Gasteiger partial charge on any atom is -0.457 e. The van der Waals surface area contributed by atoms with Crippen LogP contribution in [0.25, 0.3) is 0 Å². The summed E-state index contributed by atoms with van der Waals surface area (Å²) < 4.78 is 10.5. The second kappa shape index (κ2) is 10.5. The first-order valence-corrected chi connectivity index (χ1v) is 11.3. The molecule has 0 N–H and O–H groups in total. The summed E-state index contributed by atoms with van der Waals surface area (Å²) in [7, 11) is 0. The zero-order valence-corrected chi connectivity index (χ0v) is 19.7. The van der Waals surface area contributed by atoms with E-state index < -0.39 is 30.2 Å². The van der Waals surface area contributed by atoms with Crippen molar-refractivity contribution in [2.75, 3.05) is 18.1 Å². The van der Waals surface area contributed by atoms with E-state index in [2.05, 4.69) is 0 Å². The van der Waals surface area contributed by atoms with Crippen LogP contribution >= 0.6 is 11.6 Å². The third kappa shape index (κ3) is 5.94. The third-order valence-electron chi connectivity index (χ3n) is 5.60. The molecule has 1 saturated heterocycles. The van der Waals surface area contributed by atoms with Crippen LogP contribution in [0.1, 0.15) is 32.7 Å². The molecule has 4 rings (SSSR count). The lowest BCUT2D eigenvalue weighted by atomic mass is 10.1. The number of aryl methyl sites for hydroxylation is 1. The molecular formula is C27H22ClNO6. The molecule has 1 fully saturated rings. The first-order chi connectivity index (χ1) is 16.8. The summed E-state index contributed by atoms with van der Waals surface area (Å²) in [5, 5.41) is 0.489. The molecule has 7 nitrogen and oxygen atoms in total. The Kier molecular flexibility index (Phi) is 7.27.